The average Bonchev–Trinajstić information content (AvgIpc) is 2.74. The summed E-state index contributed by atoms with van der Waals surface area (Å²) in [5, 5.41) is 0.187. The zero-order chi connectivity index (χ0) is 10.8. The SMILES string of the molecule is CN(c1nc[nH]c(=O)c1Cl)C1CCCC1. The lowest BCUT2D eigenvalue weighted by molar-refractivity contribution is 0.645. The van der Waals surface area contributed by atoms with Crippen LogP contribution in [0.3, 0.4) is 0 Å². The molecule has 1 aromatic heterocycles. The molecule has 0 spiro atoms. The van der Waals surface area contributed by atoms with Gasteiger partial charge in [-0.2, -0.15) is 0 Å². The van der Waals surface area contributed by atoms with Crippen molar-refractivity contribution < 1.29 is 0 Å². The maximum atomic E-state index is 11.3. The molecule has 2 rings (SSSR count). The molecule has 1 heterocycles. The molecule has 4 nitrogen and oxygen atoms in total. The molecule has 0 unspecified atom stereocenters. The molecule has 0 aromatic carbocycles. The fourth-order valence-electron chi connectivity index (χ4n) is 2.08. The van der Waals surface area contributed by atoms with Gasteiger partial charge in [0, 0.05) is 13.1 Å². The standard InChI is InChI=1S/C10H14ClN3O/c1-14(7-4-2-3-5-7)9-8(11)10(15)13-6-12-9/h6-7H,2-5H2,1H3,(H,12,13,15). The maximum absolute atomic E-state index is 11.3. The molecule has 0 atom stereocenters. The summed E-state index contributed by atoms with van der Waals surface area (Å²) in [6.45, 7) is 0. The number of rotatable bonds is 2. The van der Waals surface area contributed by atoms with E-state index < -0.39 is 0 Å². The van der Waals surface area contributed by atoms with Crippen molar-refractivity contribution in [2.45, 2.75) is 31.7 Å². The Bertz CT molecular complexity index is 398. The fourth-order valence-corrected chi connectivity index (χ4v) is 2.32. The van der Waals surface area contributed by atoms with Crippen molar-refractivity contribution >= 4 is 17.4 Å². The number of nitrogens with one attached hydrogen (secondary N) is 1. The summed E-state index contributed by atoms with van der Waals surface area (Å²) in [5.74, 6) is 0.590. The first-order valence-corrected chi connectivity index (χ1v) is 5.54. The van der Waals surface area contributed by atoms with E-state index in [2.05, 4.69) is 9.97 Å². The molecule has 5 heteroatoms. The van der Waals surface area contributed by atoms with Gasteiger partial charge in [-0.1, -0.05) is 24.4 Å². The van der Waals surface area contributed by atoms with Crippen molar-refractivity contribution in [2.24, 2.45) is 0 Å². The van der Waals surface area contributed by atoms with Gasteiger partial charge in [-0.25, -0.2) is 4.98 Å². The Labute approximate surface area is 93.3 Å². The van der Waals surface area contributed by atoms with E-state index in [-0.39, 0.29) is 10.6 Å². The first kappa shape index (κ1) is 10.5. The molecule has 1 aliphatic rings. The Morgan fingerprint density at radius 1 is 1.53 bits per heavy atom. The van der Waals surface area contributed by atoms with E-state index >= 15 is 0 Å². The van der Waals surface area contributed by atoms with Crippen LogP contribution < -0.4 is 10.5 Å². The lowest BCUT2D eigenvalue weighted by Gasteiger charge is -2.25. The molecule has 0 amide bonds. The number of hydrogen-bond donors (Lipinski definition) is 1. The molecule has 1 N–H and O–H groups in total. The largest absolute Gasteiger partial charge is 0.355 e. The summed E-state index contributed by atoms with van der Waals surface area (Å²) in [5.41, 5.74) is -0.272. The van der Waals surface area contributed by atoms with E-state index in [9.17, 15) is 4.79 Å². The van der Waals surface area contributed by atoms with Crippen LogP contribution in [0.25, 0.3) is 0 Å². The van der Waals surface area contributed by atoms with E-state index in [1.807, 2.05) is 11.9 Å². The van der Waals surface area contributed by atoms with Crippen LogP contribution in [0.15, 0.2) is 11.1 Å². The monoisotopic (exact) mass is 227 g/mol. The summed E-state index contributed by atoms with van der Waals surface area (Å²) in [7, 11) is 1.95. The average molecular weight is 228 g/mol. The number of anilines is 1. The lowest BCUT2D eigenvalue weighted by atomic mass is 10.2. The molecule has 1 fully saturated rings. The Morgan fingerprint density at radius 3 is 2.87 bits per heavy atom. The van der Waals surface area contributed by atoms with Crippen LogP contribution in [0.1, 0.15) is 25.7 Å². The molecule has 1 aliphatic carbocycles. The molecule has 0 bridgehead atoms. The van der Waals surface area contributed by atoms with Gasteiger partial charge in [0.05, 0.1) is 6.33 Å². The fraction of sp³-hybridized carbons (Fsp3) is 0.600. The number of nitrogens with zero attached hydrogens (tertiary/aromatic N) is 2. The third kappa shape index (κ3) is 2.00. The Kier molecular flexibility index (Phi) is 2.95. The van der Waals surface area contributed by atoms with Gasteiger partial charge in [0.15, 0.2) is 5.82 Å². The topological polar surface area (TPSA) is 49.0 Å². The van der Waals surface area contributed by atoms with Gasteiger partial charge in [-0.15, -0.1) is 0 Å². The van der Waals surface area contributed by atoms with Crippen molar-refractivity contribution in [3.8, 4) is 0 Å². The number of aromatic amines is 1. The van der Waals surface area contributed by atoms with Crippen LogP contribution in [0.4, 0.5) is 5.82 Å². The van der Waals surface area contributed by atoms with Crippen LogP contribution >= 0.6 is 11.6 Å². The van der Waals surface area contributed by atoms with Gasteiger partial charge in [-0.05, 0) is 12.8 Å². The third-order valence-corrected chi connectivity index (χ3v) is 3.33. The molecule has 0 saturated heterocycles. The Hall–Kier alpha value is -1.03. The van der Waals surface area contributed by atoms with Crippen molar-refractivity contribution in [1.29, 1.82) is 0 Å². The van der Waals surface area contributed by atoms with E-state index in [1.165, 1.54) is 19.2 Å². The second kappa shape index (κ2) is 4.23. The normalized spacial score (nSPS) is 16.9. The highest BCUT2D eigenvalue weighted by Gasteiger charge is 2.22. The number of H-pyrrole nitrogens is 1. The van der Waals surface area contributed by atoms with Gasteiger partial charge in [0.25, 0.3) is 5.56 Å². The van der Waals surface area contributed by atoms with Crippen LogP contribution in [-0.2, 0) is 0 Å². The molecular formula is C10H14ClN3O. The van der Waals surface area contributed by atoms with E-state index in [1.54, 1.807) is 0 Å². The van der Waals surface area contributed by atoms with Crippen molar-refractivity contribution in [1.82, 2.24) is 9.97 Å². The summed E-state index contributed by atoms with van der Waals surface area (Å²) >= 11 is 5.92. The first-order chi connectivity index (χ1) is 7.20. The van der Waals surface area contributed by atoms with Crippen molar-refractivity contribution in [2.75, 3.05) is 11.9 Å². The van der Waals surface area contributed by atoms with Gasteiger partial charge < -0.3 is 9.88 Å². The molecule has 0 aliphatic heterocycles. The second-order valence-corrected chi connectivity index (χ2v) is 4.30. The maximum Gasteiger partial charge on any atom is 0.271 e. The Balaban J connectivity index is 2.28. The molecule has 15 heavy (non-hydrogen) atoms. The van der Waals surface area contributed by atoms with Gasteiger partial charge in [0.2, 0.25) is 0 Å². The van der Waals surface area contributed by atoms with Crippen molar-refractivity contribution in [3.63, 3.8) is 0 Å². The summed E-state index contributed by atoms with van der Waals surface area (Å²) in [4.78, 5) is 19.9. The van der Waals surface area contributed by atoms with Crippen molar-refractivity contribution in [3.05, 3.63) is 21.7 Å². The zero-order valence-corrected chi connectivity index (χ0v) is 9.42. The zero-order valence-electron chi connectivity index (χ0n) is 8.66. The quantitative estimate of drug-likeness (QED) is 0.838. The van der Waals surface area contributed by atoms with Gasteiger partial charge >= 0.3 is 0 Å². The second-order valence-electron chi connectivity index (χ2n) is 3.92. The minimum Gasteiger partial charge on any atom is -0.355 e. The smallest absolute Gasteiger partial charge is 0.271 e. The number of hydrogen-bond acceptors (Lipinski definition) is 3. The summed E-state index contributed by atoms with van der Waals surface area (Å²) in [6.07, 6.45) is 6.20. The predicted octanol–water partition coefficient (Wildman–Crippen LogP) is 1.80. The summed E-state index contributed by atoms with van der Waals surface area (Å²) in [6, 6.07) is 0.469. The molecule has 82 valence electrons. The molecule has 1 saturated carbocycles. The van der Waals surface area contributed by atoms with Gasteiger partial charge in [0.1, 0.15) is 5.02 Å². The van der Waals surface area contributed by atoms with Gasteiger partial charge in [-0.3, -0.25) is 4.79 Å². The minimum absolute atomic E-state index is 0.187. The first-order valence-electron chi connectivity index (χ1n) is 5.16. The summed E-state index contributed by atoms with van der Waals surface area (Å²) < 4.78 is 0. The highest BCUT2D eigenvalue weighted by Crippen LogP contribution is 2.27. The van der Waals surface area contributed by atoms with Crippen LogP contribution in [-0.4, -0.2) is 23.1 Å². The molecule has 0 radical (unpaired) electrons. The van der Waals surface area contributed by atoms with E-state index in [0.29, 0.717) is 11.9 Å². The lowest BCUT2D eigenvalue weighted by Crippen LogP contribution is -2.31. The van der Waals surface area contributed by atoms with E-state index in [4.69, 9.17) is 11.6 Å². The van der Waals surface area contributed by atoms with Crippen LogP contribution in [0.5, 0.6) is 0 Å². The molecule has 1 aromatic rings. The predicted molar refractivity (Wildman–Crippen MR) is 60.5 cm³/mol. The highest BCUT2D eigenvalue weighted by molar-refractivity contribution is 6.32. The highest BCUT2D eigenvalue weighted by atomic mass is 35.5. The Morgan fingerprint density at radius 2 is 2.20 bits per heavy atom. The number of aromatic nitrogens is 2. The minimum atomic E-state index is -0.272. The molecular weight excluding hydrogens is 214 g/mol. The van der Waals surface area contributed by atoms with Crippen LogP contribution in [0, 0.1) is 0 Å². The van der Waals surface area contributed by atoms with Crippen LogP contribution in [0.2, 0.25) is 5.02 Å². The van der Waals surface area contributed by atoms with E-state index in [0.717, 1.165) is 12.8 Å². The number of halogens is 1. The third-order valence-electron chi connectivity index (χ3n) is 2.98.